The maximum absolute atomic E-state index is 11.7. The van der Waals surface area contributed by atoms with Crippen LogP contribution in [0, 0.1) is 5.92 Å². The molecule has 1 aliphatic rings. The average Bonchev–Trinajstić information content (AvgIpc) is 2.28. The van der Waals surface area contributed by atoms with Gasteiger partial charge in [-0.25, -0.2) is 8.42 Å². The Kier molecular flexibility index (Phi) is 4.53. The van der Waals surface area contributed by atoms with Crippen LogP contribution >= 0.6 is 0 Å². The second-order valence-electron chi connectivity index (χ2n) is 4.21. The molecule has 0 saturated heterocycles. The van der Waals surface area contributed by atoms with E-state index in [0.29, 0.717) is 12.8 Å². The number of sulfonamides is 1. The summed E-state index contributed by atoms with van der Waals surface area (Å²) in [5, 5.41) is -0.518. The van der Waals surface area contributed by atoms with Crippen molar-refractivity contribution < 1.29 is 13.2 Å². The first-order valence-electron chi connectivity index (χ1n) is 5.67. The summed E-state index contributed by atoms with van der Waals surface area (Å²) in [6, 6.07) is 0. The number of amides is 1. The number of rotatable bonds is 4. The highest BCUT2D eigenvalue weighted by atomic mass is 32.2. The summed E-state index contributed by atoms with van der Waals surface area (Å²) in [6.07, 6.45) is 6.69. The number of hydrogen-bond donors (Lipinski definition) is 1. The van der Waals surface area contributed by atoms with Gasteiger partial charge in [0.15, 0.2) is 0 Å². The quantitative estimate of drug-likeness (QED) is 0.765. The smallest absolute Gasteiger partial charge is 0.237 e. The molecule has 2 atom stereocenters. The van der Waals surface area contributed by atoms with E-state index < -0.39 is 15.3 Å². The number of nitrogens with one attached hydrogen (secondary N) is 1. The minimum Gasteiger partial charge on any atom is -0.274 e. The summed E-state index contributed by atoms with van der Waals surface area (Å²) in [5.41, 5.74) is 0. The Balaban J connectivity index is 2.60. The second kappa shape index (κ2) is 5.48. The van der Waals surface area contributed by atoms with Gasteiger partial charge in [-0.2, -0.15) is 0 Å². The van der Waals surface area contributed by atoms with E-state index in [1.165, 1.54) is 0 Å². The molecule has 1 aliphatic carbocycles. The highest BCUT2D eigenvalue weighted by molar-refractivity contribution is 7.90. The van der Waals surface area contributed by atoms with Gasteiger partial charge in [0.25, 0.3) is 0 Å². The van der Waals surface area contributed by atoms with E-state index in [2.05, 4.69) is 4.72 Å². The second-order valence-corrected chi connectivity index (χ2v) is 6.31. The lowest BCUT2D eigenvalue weighted by atomic mass is 9.94. The van der Waals surface area contributed by atoms with E-state index in [1.54, 1.807) is 13.8 Å². The van der Waals surface area contributed by atoms with Crippen LogP contribution < -0.4 is 4.72 Å². The van der Waals surface area contributed by atoms with Crippen molar-refractivity contribution >= 4 is 15.9 Å². The van der Waals surface area contributed by atoms with Crippen LogP contribution in [0.2, 0.25) is 0 Å². The van der Waals surface area contributed by atoms with E-state index in [4.69, 9.17) is 0 Å². The predicted octanol–water partition coefficient (Wildman–Crippen LogP) is 1.59. The van der Waals surface area contributed by atoms with Gasteiger partial charge in [-0.1, -0.05) is 19.1 Å². The fourth-order valence-electron chi connectivity index (χ4n) is 1.58. The largest absolute Gasteiger partial charge is 0.274 e. The molecule has 0 aromatic rings. The van der Waals surface area contributed by atoms with Crippen LogP contribution in [0.4, 0.5) is 0 Å². The molecule has 0 saturated carbocycles. The van der Waals surface area contributed by atoms with Gasteiger partial charge in [-0.15, -0.1) is 0 Å². The lowest BCUT2D eigenvalue weighted by molar-refractivity contribution is -0.123. The van der Waals surface area contributed by atoms with E-state index in [0.717, 1.165) is 12.8 Å². The van der Waals surface area contributed by atoms with Crippen LogP contribution in [0.15, 0.2) is 12.2 Å². The Bertz CT molecular complexity index is 373. The summed E-state index contributed by atoms with van der Waals surface area (Å²) in [4.78, 5) is 11.7. The molecular formula is C11H19NO3S. The fraction of sp³-hybridized carbons (Fsp3) is 0.727. The molecule has 1 rings (SSSR count). The van der Waals surface area contributed by atoms with Gasteiger partial charge in [0.2, 0.25) is 15.9 Å². The number of carbonyl (C=O) groups is 1. The SMILES string of the molecule is CC[C@@H](C)S(=O)(=O)NC(=O)[C@H]1CC=CCC1. The van der Waals surface area contributed by atoms with Crippen molar-refractivity contribution in [2.24, 2.45) is 5.92 Å². The molecule has 0 fully saturated rings. The van der Waals surface area contributed by atoms with Crippen molar-refractivity contribution in [3.63, 3.8) is 0 Å². The Labute approximate surface area is 97.2 Å². The standard InChI is InChI=1S/C11H19NO3S/c1-3-9(2)16(14,15)12-11(13)10-7-5-4-6-8-10/h4-5,9-10H,3,6-8H2,1-2H3,(H,12,13)/t9-,10+/m1/s1. The van der Waals surface area contributed by atoms with Crippen LogP contribution in [0.25, 0.3) is 0 Å². The molecule has 16 heavy (non-hydrogen) atoms. The molecule has 0 aliphatic heterocycles. The van der Waals surface area contributed by atoms with Gasteiger partial charge >= 0.3 is 0 Å². The molecule has 0 radical (unpaired) electrons. The third kappa shape index (κ3) is 3.33. The van der Waals surface area contributed by atoms with E-state index >= 15 is 0 Å². The van der Waals surface area contributed by atoms with Crippen molar-refractivity contribution in [2.45, 2.75) is 44.8 Å². The molecule has 5 heteroatoms. The monoisotopic (exact) mass is 245 g/mol. The molecule has 92 valence electrons. The fourth-order valence-corrected chi connectivity index (χ4v) is 2.66. The van der Waals surface area contributed by atoms with Crippen molar-refractivity contribution in [3.05, 3.63) is 12.2 Å². The van der Waals surface area contributed by atoms with Crippen molar-refractivity contribution in [1.29, 1.82) is 0 Å². The predicted molar refractivity (Wildman–Crippen MR) is 63.3 cm³/mol. The maximum Gasteiger partial charge on any atom is 0.237 e. The molecule has 0 spiro atoms. The normalized spacial score (nSPS) is 22.8. The van der Waals surface area contributed by atoms with Gasteiger partial charge in [-0.05, 0) is 32.6 Å². The van der Waals surface area contributed by atoms with Gasteiger partial charge in [0, 0.05) is 5.92 Å². The first-order chi connectivity index (χ1) is 7.47. The van der Waals surface area contributed by atoms with Crippen LogP contribution in [-0.2, 0) is 14.8 Å². The van der Waals surface area contributed by atoms with Crippen LogP contribution in [-0.4, -0.2) is 19.6 Å². The average molecular weight is 245 g/mol. The first kappa shape index (κ1) is 13.2. The lowest BCUT2D eigenvalue weighted by Crippen LogP contribution is -2.40. The molecule has 0 bridgehead atoms. The Morgan fingerprint density at radius 2 is 2.19 bits per heavy atom. The maximum atomic E-state index is 11.7. The molecule has 4 nitrogen and oxygen atoms in total. The van der Waals surface area contributed by atoms with Crippen molar-refractivity contribution in [3.8, 4) is 0 Å². The zero-order valence-corrected chi connectivity index (χ0v) is 10.6. The summed E-state index contributed by atoms with van der Waals surface area (Å²) < 4.78 is 25.5. The zero-order chi connectivity index (χ0) is 12.2. The topological polar surface area (TPSA) is 63.2 Å². The summed E-state index contributed by atoms with van der Waals surface area (Å²) in [6.45, 7) is 3.40. The Hall–Kier alpha value is -0.840. The molecule has 1 amide bonds. The first-order valence-corrected chi connectivity index (χ1v) is 7.22. The molecule has 1 N–H and O–H groups in total. The highest BCUT2D eigenvalue weighted by Gasteiger charge is 2.26. The molecule has 0 unspecified atom stereocenters. The van der Waals surface area contributed by atoms with E-state index in [9.17, 15) is 13.2 Å². The van der Waals surface area contributed by atoms with Crippen molar-refractivity contribution in [1.82, 2.24) is 4.72 Å². The van der Waals surface area contributed by atoms with Crippen LogP contribution in [0.1, 0.15) is 39.5 Å². The lowest BCUT2D eigenvalue weighted by Gasteiger charge is -2.18. The van der Waals surface area contributed by atoms with Crippen molar-refractivity contribution in [2.75, 3.05) is 0 Å². The molecule has 0 aromatic carbocycles. The highest BCUT2D eigenvalue weighted by Crippen LogP contribution is 2.18. The number of carbonyl (C=O) groups excluding carboxylic acids is 1. The summed E-state index contributed by atoms with van der Waals surface area (Å²) in [7, 11) is -3.48. The van der Waals surface area contributed by atoms with Crippen LogP contribution in [0.3, 0.4) is 0 Å². The molecular weight excluding hydrogens is 226 g/mol. The summed E-state index contributed by atoms with van der Waals surface area (Å²) >= 11 is 0. The Morgan fingerprint density at radius 3 is 2.69 bits per heavy atom. The number of hydrogen-bond acceptors (Lipinski definition) is 3. The van der Waals surface area contributed by atoms with E-state index in [1.807, 2.05) is 12.2 Å². The molecule has 0 heterocycles. The van der Waals surface area contributed by atoms with Gasteiger partial charge in [0.1, 0.15) is 0 Å². The third-order valence-electron chi connectivity index (χ3n) is 2.99. The minimum atomic E-state index is -3.48. The Morgan fingerprint density at radius 1 is 1.50 bits per heavy atom. The van der Waals surface area contributed by atoms with Gasteiger partial charge in [0.05, 0.1) is 5.25 Å². The number of allylic oxidation sites excluding steroid dienone is 2. The van der Waals surface area contributed by atoms with Gasteiger partial charge < -0.3 is 0 Å². The zero-order valence-electron chi connectivity index (χ0n) is 9.77. The van der Waals surface area contributed by atoms with Gasteiger partial charge in [-0.3, -0.25) is 9.52 Å². The minimum absolute atomic E-state index is 0.191. The third-order valence-corrected chi connectivity index (χ3v) is 4.87. The summed E-state index contributed by atoms with van der Waals surface area (Å²) in [5.74, 6) is -0.548. The molecule has 0 aromatic heterocycles. The van der Waals surface area contributed by atoms with E-state index in [-0.39, 0.29) is 11.8 Å². The van der Waals surface area contributed by atoms with Crippen LogP contribution in [0.5, 0.6) is 0 Å².